The summed E-state index contributed by atoms with van der Waals surface area (Å²) in [5.41, 5.74) is 9.30. The Labute approximate surface area is 69.8 Å². The van der Waals surface area contributed by atoms with Crippen molar-refractivity contribution in [3.63, 3.8) is 0 Å². The molecule has 1 heterocycles. The SMILES string of the molecule is [NH]c1ccc2c(c1)NC(=O)CN2. The first-order valence-corrected chi connectivity index (χ1v) is 3.65. The Kier molecular flexibility index (Phi) is 1.40. The molecule has 4 heteroatoms. The van der Waals surface area contributed by atoms with Gasteiger partial charge in [-0.1, -0.05) is 0 Å². The van der Waals surface area contributed by atoms with E-state index in [-0.39, 0.29) is 5.91 Å². The Hall–Kier alpha value is -1.71. The Bertz CT molecular complexity index is 335. The van der Waals surface area contributed by atoms with Gasteiger partial charge in [0.15, 0.2) is 0 Å². The van der Waals surface area contributed by atoms with Crippen molar-refractivity contribution in [3.8, 4) is 0 Å². The van der Waals surface area contributed by atoms with E-state index in [1.807, 2.05) is 0 Å². The second-order valence-corrected chi connectivity index (χ2v) is 2.66. The molecule has 1 radical (unpaired) electrons. The highest BCUT2D eigenvalue weighted by atomic mass is 16.2. The van der Waals surface area contributed by atoms with Gasteiger partial charge < -0.3 is 16.4 Å². The third-order valence-electron chi connectivity index (χ3n) is 1.73. The predicted molar refractivity (Wildman–Crippen MR) is 46.3 cm³/mol. The van der Waals surface area contributed by atoms with E-state index in [9.17, 15) is 4.79 Å². The molecule has 3 N–H and O–H groups in total. The molecule has 1 aliphatic rings. The molecule has 0 aromatic heterocycles. The smallest absolute Gasteiger partial charge is 0.243 e. The Balaban J connectivity index is 2.44. The molecular formula is C8H8N3O. The van der Waals surface area contributed by atoms with Crippen LogP contribution in [0.1, 0.15) is 0 Å². The van der Waals surface area contributed by atoms with Gasteiger partial charge in [0.05, 0.1) is 23.6 Å². The van der Waals surface area contributed by atoms with Crippen LogP contribution in [0.2, 0.25) is 0 Å². The summed E-state index contributed by atoms with van der Waals surface area (Å²) in [4.78, 5) is 10.9. The molecule has 12 heavy (non-hydrogen) atoms. The first-order chi connectivity index (χ1) is 5.75. The average molecular weight is 162 g/mol. The summed E-state index contributed by atoms with van der Waals surface area (Å²) in [5, 5.41) is 5.62. The molecular weight excluding hydrogens is 154 g/mol. The molecule has 1 aromatic rings. The molecule has 0 atom stereocenters. The standard InChI is InChI=1S/C8H8N3O/c9-5-1-2-6-7(3-5)11-8(12)4-10-6/h1-3,9-10H,4H2,(H,11,12). The van der Waals surface area contributed by atoms with E-state index in [0.29, 0.717) is 17.9 Å². The fraction of sp³-hybridized carbons (Fsp3) is 0.125. The third-order valence-corrected chi connectivity index (χ3v) is 1.73. The number of carbonyl (C=O) groups is 1. The zero-order valence-electron chi connectivity index (χ0n) is 6.35. The molecule has 0 unspecified atom stereocenters. The molecule has 61 valence electrons. The summed E-state index contributed by atoms with van der Waals surface area (Å²) < 4.78 is 0. The summed E-state index contributed by atoms with van der Waals surface area (Å²) in [7, 11) is 0. The van der Waals surface area contributed by atoms with Crippen molar-refractivity contribution in [2.75, 3.05) is 17.2 Å². The monoisotopic (exact) mass is 162 g/mol. The van der Waals surface area contributed by atoms with Crippen LogP contribution in [-0.2, 0) is 4.79 Å². The maximum atomic E-state index is 10.9. The van der Waals surface area contributed by atoms with Gasteiger partial charge in [0.25, 0.3) is 0 Å². The fourth-order valence-corrected chi connectivity index (χ4v) is 1.17. The van der Waals surface area contributed by atoms with Crippen molar-refractivity contribution < 1.29 is 4.79 Å². The number of fused-ring (bicyclic) bond motifs is 1. The van der Waals surface area contributed by atoms with Gasteiger partial charge in [0.2, 0.25) is 5.91 Å². The van der Waals surface area contributed by atoms with Gasteiger partial charge in [0, 0.05) is 0 Å². The third kappa shape index (κ3) is 1.07. The predicted octanol–water partition coefficient (Wildman–Crippen LogP) is 0.965. The molecule has 0 fully saturated rings. The lowest BCUT2D eigenvalue weighted by Crippen LogP contribution is -2.27. The van der Waals surface area contributed by atoms with Gasteiger partial charge in [-0.3, -0.25) is 4.79 Å². The normalized spacial score (nSPS) is 14.5. The molecule has 1 aromatic carbocycles. The van der Waals surface area contributed by atoms with Crippen molar-refractivity contribution in [2.45, 2.75) is 0 Å². The van der Waals surface area contributed by atoms with Gasteiger partial charge in [-0.25, -0.2) is 0 Å². The summed E-state index contributed by atoms with van der Waals surface area (Å²) in [5.74, 6) is -0.0619. The second kappa shape index (κ2) is 2.41. The van der Waals surface area contributed by atoms with Crippen LogP contribution in [0.5, 0.6) is 0 Å². The van der Waals surface area contributed by atoms with Crippen LogP contribution in [0, 0.1) is 0 Å². The zero-order valence-corrected chi connectivity index (χ0v) is 6.35. The molecule has 2 rings (SSSR count). The van der Waals surface area contributed by atoms with Crippen LogP contribution in [0.15, 0.2) is 18.2 Å². The lowest BCUT2D eigenvalue weighted by atomic mass is 10.2. The Morgan fingerprint density at radius 3 is 3.00 bits per heavy atom. The minimum absolute atomic E-state index is 0.0619. The highest BCUT2D eigenvalue weighted by Gasteiger charge is 2.12. The van der Waals surface area contributed by atoms with E-state index in [0.717, 1.165) is 5.69 Å². The maximum Gasteiger partial charge on any atom is 0.243 e. The number of amides is 1. The summed E-state index contributed by atoms with van der Waals surface area (Å²) >= 11 is 0. The topological polar surface area (TPSA) is 64.9 Å². The van der Waals surface area contributed by atoms with E-state index in [4.69, 9.17) is 5.73 Å². The van der Waals surface area contributed by atoms with Gasteiger partial charge >= 0.3 is 0 Å². The zero-order chi connectivity index (χ0) is 8.55. The molecule has 0 bridgehead atoms. The van der Waals surface area contributed by atoms with Crippen LogP contribution < -0.4 is 16.4 Å². The van der Waals surface area contributed by atoms with Crippen LogP contribution in [0.3, 0.4) is 0 Å². The Morgan fingerprint density at radius 2 is 2.17 bits per heavy atom. The number of nitrogens with one attached hydrogen (secondary N) is 3. The number of benzene rings is 1. The van der Waals surface area contributed by atoms with E-state index in [2.05, 4.69) is 10.6 Å². The quantitative estimate of drug-likeness (QED) is 0.596. The number of anilines is 2. The highest BCUT2D eigenvalue weighted by Crippen LogP contribution is 2.26. The van der Waals surface area contributed by atoms with Crippen LogP contribution >= 0.6 is 0 Å². The number of carbonyl (C=O) groups excluding carboxylic acids is 1. The van der Waals surface area contributed by atoms with Crippen molar-refractivity contribution in [3.05, 3.63) is 18.2 Å². The van der Waals surface area contributed by atoms with E-state index in [1.54, 1.807) is 18.2 Å². The van der Waals surface area contributed by atoms with Crippen molar-refractivity contribution in [1.82, 2.24) is 5.73 Å². The summed E-state index contributed by atoms with van der Waals surface area (Å²) in [6.07, 6.45) is 0. The van der Waals surface area contributed by atoms with Crippen molar-refractivity contribution in [2.24, 2.45) is 0 Å². The Morgan fingerprint density at radius 1 is 1.33 bits per heavy atom. The maximum absolute atomic E-state index is 10.9. The van der Waals surface area contributed by atoms with Crippen molar-refractivity contribution in [1.29, 1.82) is 0 Å². The minimum atomic E-state index is -0.0619. The largest absolute Gasteiger partial charge is 0.374 e. The molecule has 0 saturated carbocycles. The minimum Gasteiger partial charge on any atom is -0.374 e. The van der Waals surface area contributed by atoms with Crippen LogP contribution in [0.25, 0.3) is 0 Å². The molecule has 4 nitrogen and oxygen atoms in total. The van der Waals surface area contributed by atoms with E-state index >= 15 is 0 Å². The summed E-state index contributed by atoms with van der Waals surface area (Å²) in [6.45, 7) is 0.310. The van der Waals surface area contributed by atoms with Gasteiger partial charge in [0.1, 0.15) is 0 Å². The van der Waals surface area contributed by atoms with Gasteiger partial charge in [-0.2, -0.15) is 0 Å². The molecule has 0 aliphatic carbocycles. The lowest BCUT2D eigenvalue weighted by Gasteiger charge is -2.18. The molecule has 1 amide bonds. The first-order valence-electron chi connectivity index (χ1n) is 3.65. The highest BCUT2D eigenvalue weighted by molar-refractivity contribution is 6.00. The van der Waals surface area contributed by atoms with Crippen molar-refractivity contribution >= 4 is 23.0 Å². The van der Waals surface area contributed by atoms with E-state index in [1.165, 1.54) is 0 Å². The number of hydrogen-bond acceptors (Lipinski definition) is 2. The number of hydrogen-bond donors (Lipinski definition) is 2. The summed E-state index contributed by atoms with van der Waals surface area (Å²) in [6, 6.07) is 5.10. The average Bonchev–Trinajstić information content (AvgIpc) is 2.03. The fourth-order valence-electron chi connectivity index (χ4n) is 1.17. The van der Waals surface area contributed by atoms with Crippen LogP contribution in [0.4, 0.5) is 17.1 Å². The molecule has 1 aliphatic heterocycles. The van der Waals surface area contributed by atoms with Gasteiger partial charge in [-0.15, -0.1) is 0 Å². The lowest BCUT2D eigenvalue weighted by molar-refractivity contribution is -0.114. The van der Waals surface area contributed by atoms with Gasteiger partial charge in [-0.05, 0) is 18.2 Å². The molecule has 0 spiro atoms. The first kappa shape index (κ1) is 6.97. The second-order valence-electron chi connectivity index (χ2n) is 2.66. The van der Waals surface area contributed by atoms with Crippen LogP contribution in [-0.4, -0.2) is 12.5 Å². The molecule has 0 saturated heterocycles. The van der Waals surface area contributed by atoms with E-state index < -0.39 is 0 Å². The number of rotatable bonds is 0.